The molecule has 0 aliphatic heterocycles. The molecular weight excluding hydrogens is 246 g/mol. The van der Waals surface area contributed by atoms with Gasteiger partial charge in [0.15, 0.2) is 0 Å². The van der Waals surface area contributed by atoms with Crippen molar-refractivity contribution in [3.8, 4) is 5.75 Å². The molecule has 0 amide bonds. The van der Waals surface area contributed by atoms with E-state index in [2.05, 4.69) is 0 Å². The van der Waals surface area contributed by atoms with Crippen LogP contribution in [-0.2, 0) is 0 Å². The lowest BCUT2D eigenvalue weighted by Gasteiger charge is -2.17. The van der Waals surface area contributed by atoms with Gasteiger partial charge in [0.2, 0.25) is 0 Å². The van der Waals surface area contributed by atoms with Crippen LogP contribution in [0.15, 0.2) is 60.7 Å². The molecule has 0 saturated carbocycles. The second kappa shape index (κ2) is 4.99. The first-order valence-electron chi connectivity index (χ1n) is 6.69. The number of hydrogen-bond donors (Lipinski definition) is 2. The Morgan fingerprint density at radius 2 is 1.60 bits per heavy atom. The van der Waals surface area contributed by atoms with Gasteiger partial charge < -0.3 is 10.8 Å². The summed E-state index contributed by atoms with van der Waals surface area (Å²) in [5, 5.41) is 12.3. The molecule has 3 aromatic carbocycles. The quantitative estimate of drug-likeness (QED) is 0.736. The van der Waals surface area contributed by atoms with Crippen LogP contribution in [0.5, 0.6) is 5.75 Å². The van der Waals surface area contributed by atoms with Crippen LogP contribution in [0.2, 0.25) is 0 Å². The smallest absolute Gasteiger partial charge is 0.121 e. The van der Waals surface area contributed by atoms with Crippen LogP contribution in [0.25, 0.3) is 10.8 Å². The van der Waals surface area contributed by atoms with Crippen LogP contribution in [0.1, 0.15) is 22.7 Å². The molecule has 2 nitrogen and oxygen atoms in total. The molecule has 0 saturated heterocycles. The standard InChI is InChI=1S/C18H17NO/c1-12-6-8-14(9-7-12)18(19)17-15-5-3-2-4-13(15)10-11-16(17)20/h2-11,18,20H,19H2,1H3. The summed E-state index contributed by atoms with van der Waals surface area (Å²) in [6, 6.07) is 19.4. The average molecular weight is 263 g/mol. The molecule has 1 atom stereocenters. The molecule has 1 unspecified atom stereocenters. The van der Waals surface area contributed by atoms with Gasteiger partial charge in [-0.2, -0.15) is 0 Å². The van der Waals surface area contributed by atoms with Gasteiger partial charge in [0.25, 0.3) is 0 Å². The predicted molar refractivity (Wildman–Crippen MR) is 82.8 cm³/mol. The summed E-state index contributed by atoms with van der Waals surface area (Å²) in [5.41, 5.74) is 9.36. The third-order valence-corrected chi connectivity index (χ3v) is 3.70. The van der Waals surface area contributed by atoms with Gasteiger partial charge >= 0.3 is 0 Å². The summed E-state index contributed by atoms with van der Waals surface area (Å²) in [5.74, 6) is 0.247. The summed E-state index contributed by atoms with van der Waals surface area (Å²) in [4.78, 5) is 0. The summed E-state index contributed by atoms with van der Waals surface area (Å²) in [6.07, 6.45) is 0. The molecule has 0 heterocycles. The molecule has 100 valence electrons. The van der Waals surface area contributed by atoms with Crippen molar-refractivity contribution < 1.29 is 5.11 Å². The molecule has 0 radical (unpaired) electrons. The Morgan fingerprint density at radius 1 is 0.900 bits per heavy atom. The van der Waals surface area contributed by atoms with E-state index in [9.17, 15) is 5.11 Å². The Kier molecular flexibility index (Phi) is 3.17. The Hall–Kier alpha value is -2.32. The van der Waals surface area contributed by atoms with Crippen molar-refractivity contribution in [2.45, 2.75) is 13.0 Å². The van der Waals surface area contributed by atoms with E-state index >= 15 is 0 Å². The van der Waals surface area contributed by atoms with Crippen molar-refractivity contribution in [3.63, 3.8) is 0 Å². The maximum Gasteiger partial charge on any atom is 0.121 e. The molecule has 0 bridgehead atoms. The van der Waals surface area contributed by atoms with E-state index in [1.54, 1.807) is 6.07 Å². The van der Waals surface area contributed by atoms with Crippen molar-refractivity contribution in [3.05, 3.63) is 77.4 Å². The highest BCUT2D eigenvalue weighted by Gasteiger charge is 2.16. The van der Waals surface area contributed by atoms with Crippen molar-refractivity contribution >= 4 is 10.8 Å². The van der Waals surface area contributed by atoms with E-state index in [1.165, 1.54) is 5.56 Å². The molecular formula is C18H17NO. The lowest BCUT2D eigenvalue weighted by Crippen LogP contribution is -2.12. The molecule has 0 spiro atoms. The van der Waals surface area contributed by atoms with E-state index in [4.69, 9.17) is 5.73 Å². The van der Waals surface area contributed by atoms with Gasteiger partial charge in [-0.1, -0.05) is 60.2 Å². The number of hydrogen-bond acceptors (Lipinski definition) is 2. The topological polar surface area (TPSA) is 46.2 Å². The number of phenols is 1. The van der Waals surface area contributed by atoms with Gasteiger partial charge in [0.1, 0.15) is 5.75 Å². The van der Waals surface area contributed by atoms with Crippen LogP contribution < -0.4 is 5.73 Å². The van der Waals surface area contributed by atoms with Crippen LogP contribution >= 0.6 is 0 Å². The molecule has 20 heavy (non-hydrogen) atoms. The third-order valence-electron chi connectivity index (χ3n) is 3.70. The normalized spacial score (nSPS) is 12.5. The van der Waals surface area contributed by atoms with Gasteiger partial charge in [0, 0.05) is 5.56 Å². The second-order valence-electron chi connectivity index (χ2n) is 5.11. The van der Waals surface area contributed by atoms with E-state index in [1.807, 2.05) is 61.5 Å². The molecule has 3 N–H and O–H groups in total. The Balaban J connectivity index is 2.18. The number of phenolic OH excluding ortho intramolecular Hbond substituents is 1. The number of benzene rings is 3. The zero-order chi connectivity index (χ0) is 14.1. The molecule has 0 aliphatic rings. The minimum Gasteiger partial charge on any atom is -0.508 e. The highest BCUT2D eigenvalue weighted by Crippen LogP contribution is 2.34. The zero-order valence-electron chi connectivity index (χ0n) is 11.4. The molecule has 0 aliphatic carbocycles. The van der Waals surface area contributed by atoms with Crippen LogP contribution in [-0.4, -0.2) is 5.11 Å². The Morgan fingerprint density at radius 3 is 2.35 bits per heavy atom. The largest absolute Gasteiger partial charge is 0.508 e. The summed E-state index contributed by atoms with van der Waals surface area (Å²) < 4.78 is 0. The fourth-order valence-corrected chi connectivity index (χ4v) is 2.55. The first-order valence-corrected chi connectivity index (χ1v) is 6.69. The fraction of sp³-hybridized carbons (Fsp3) is 0.111. The Bertz CT molecular complexity index is 747. The van der Waals surface area contributed by atoms with Gasteiger partial charge in [-0.15, -0.1) is 0 Å². The fourth-order valence-electron chi connectivity index (χ4n) is 2.55. The minimum atomic E-state index is -0.332. The van der Waals surface area contributed by atoms with Gasteiger partial charge in [-0.25, -0.2) is 0 Å². The zero-order valence-corrected chi connectivity index (χ0v) is 11.4. The summed E-state index contributed by atoms with van der Waals surface area (Å²) in [7, 11) is 0. The summed E-state index contributed by atoms with van der Waals surface area (Å²) >= 11 is 0. The van der Waals surface area contributed by atoms with E-state index in [0.29, 0.717) is 0 Å². The van der Waals surface area contributed by atoms with Crippen molar-refractivity contribution in [2.75, 3.05) is 0 Å². The van der Waals surface area contributed by atoms with Gasteiger partial charge in [-0.05, 0) is 29.3 Å². The molecule has 0 fully saturated rings. The Labute approximate surface area is 118 Å². The van der Waals surface area contributed by atoms with E-state index < -0.39 is 0 Å². The molecule has 2 heteroatoms. The first kappa shape index (κ1) is 12.7. The lowest BCUT2D eigenvalue weighted by atomic mass is 9.93. The maximum atomic E-state index is 10.2. The number of fused-ring (bicyclic) bond motifs is 1. The SMILES string of the molecule is Cc1ccc(C(N)c2c(O)ccc3ccccc23)cc1. The van der Waals surface area contributed by atoms with Gasteiger partial charge in [0.05, 0.1) is 6.04 Å². The van der Waals surface area contributed by atoms with Crippen molar-refractivity contribution in [1.29, 1.82) is 0 Å². The average Bonchev–Trinajstić information content (AvgIpc) is 2.47. The number of rotatable bonds is 2. The third kappa shape index (κ3) is 2.15. The van der Waals surface area contributed by atoms with Crippen molar-refractivity contribution in [2.24, 2.45) is 5.73 Å². The molecule has 0 aromatic heterocycles. The number of aryl methyl sites for hydroxylation is 1. The van der Waals surface area contributed by atoms with Crippen molar-refractivity contribution in [1.82, 2.24) is 0 Å². The van der Waals surface area contributed by atoms with Crippen LogP contribution in [0, 0.1) is 6.92 Å². The molecule has 3 aromatic rings. The monoisotopic (exact) mass is 263 g/mol. The summed E-state index contributed by atoms with van der Waals surface area (Å²) in [6.45, 7) is 2.05. The maximum absolute atomic E-state index is 10.2. The van der Waals surface area contributed by atoms with E-state index in [0.717, 1.165) is 21.9 Å². The lowest BCUT2D eigenvalue weighted by molar-refractivity contribution is 0.466. The number of aromatic hydroxyl groups is 1. The molecule has 3 rings (SSSR count). The van der Waals surface area contributed by atoms with Crippen LogP contribution in [0.3, 0.4) is 0 Å². The highest BCUT2D eigenvalue weighted by molar-refractivity contribution is 5.88. The number of nitrogens with two attached hydrogens (primary N) is 1. The minimum absolute atomic E-state index is 0.247. The predicted octanol–water partition coefficient (Wildman–Crippen LogP) is 3.90. The highest BCUT2D eigenvalue weighted by atomic mass is 16.3. The first-order chi connectivity index (χ1) is 9.66. The van der Waals surface area contributed by atoms with E-state index in [-0.39, 0.29) is 11.8 Å². The second-order valence-corrected chi connectivity index (χ2v) is 5.11. The van der Waals surface area contributed by atoms with Crippen LogP contribution in [0.4, 0.5) is 0 Å². The van der Waals surface area contributed by atoms with Gasteiger partial charge in [-0.3, -0.25) is 0 Å².